The topological polar surface area (TPSA) is 0 Å². The van der Waals surface area contributed by atoms with E-state index in [1.54, 1.807) is 15.3 Å². The Kier molecular flexibility index (Phi) is 8.27. The molecule has 0 heterocycles. The molecule has 4 aromatic carbocycles. The van der Waals surface area contributed by atoms with Gasteiger partial charge in [0.1, 0.15) is 0 Å². The van der Waals surface area contributed by atoms with Gasteiger partial charge < -0.3 is 0 Å². The number of halogens is 2. The van der Waals surface area contributed by atoms with E-state index in [-0.39, 0.29) is 10.8 Å². The summed E-state index contributed by atoms with van der Waals surface area (Å²) in [4.78, 5) is 0. The first-order chi connectivity index (χ1) is 19.9. The fourth-order valence-corrected chi connectivity index (χ4v) is 15.0. The van der Waals surface area contributed by atoms with E-state index in [1.807, 2.05) is 0 Å². The average Bonchev–Trinajstić information content (AvgIpc) is 3.58. The van der Waals surface area contributed by atoms with Gasteiger partial charge in [-0.25, -0.2) is 0 Å². The number of rotatable bonds is 4. The van der Waals surface area contributed by atoms with Crippen LogP contribution in [0.15, 0.2) is 109 Å². The number of hydrogen-bond donors (Lipinski definition) is 0. The van der Waals surface area contributed by atoms with E-state index >= 15 is 0 Å². The summed E-state index contributed by atoms with van der Waals surface area (Å²) in [7, 11) is 0. The normalized spacial score (nSPS) is 14.0. The van der Waals surface area contributed by atoms with Gasteiger partial charge in [0, 0.05) is 0 Å². The second-order valence-corrected chi connectivity index (χ2v) is 21.5. The van der Waals surface area contributed by atoms with E-state index in [9.17, 15) is 0 Å². The third kappa shape index (κ3) is 5.91. The Morgan fingerprint density at radius 1 is 0.690 bits per heavy atom. The second-order valence-electron chi connectivity index (χ2n) is 13.7. The molecule has 0 atom stereocenters. The molecule has 0 nitrogen and oxygen atoms in total. The van der Waals surface area contributed by atoms with Crippen molar-refractivity contribution in [1.82, 2.24) is 0 Å². The molecule has 0 bridgehead atoms. The molecule has 6 rings (SSSR count). The molecule has 0 aliphatic heterocycles. The summed E-state index contributed by atoms with van der Waals surface area (Å²) < 4.78 is 7.09. The standard InChI is InChI=1S/C21H25.C13H8Br2.C5H5.Zr/c1-20(2,3)16-9-7-14-11-15-8-10-17(21(4,5)6)13-19(15)18(14)12-16;14-12-5-1-3-10(8-12)7-11-4-2-6-13(15)9-11;1-2-4-5-3-1;/h7,9-10,12-13H,11H2,1-6H3;1-6,8-9H;1-3H,4H2;. The second kappa shape index (κ2) is 11.5. The minimum atomic E-state index is -2.74. The molecule has 0 saturated heterocycles. The molecule has 0 saturated carbocycles. The molecule has 0 spiro atoms. The van der Waals surface area contributed by atoms with Crippen molar-refractivity contribution in [3.63, 3.8) is 0 Å². The Morgan fingerprint density at radius 3 is 1.86 bits per heavy atom. The number of hydrogen-bond acceptors (Lipinski definition) is 0. The molecule has 4 aromatic rings. The molecule has 2 aliphatic carbocycles. The van der Waals surface area contributed by atoms with E-state index in [4.69, 9.17) is 0 Å². The summed E-state index contributed by atoms with van der Waals surface area (Å²) in [6.45, 7) is 14.1. The van der Waals surface area contributed by atoms with Crippen LogP contribution in [0, 0.1) is 0 Å². The van der Waals surface area contributed by atoms with E-state index in [0.29, 0.717) is 0 Å². The van der Waals surface area contributed by atoms with Crippen molar-refractivity contribution in [2.24, 2.45) is 0 Å². The van der Waals surface area contributed by atoms with Gasteiger partial charge in [0.15, 0.2) is 0 Å². The van der Waals surface area contributed by atoms with Gasteiger partial charge in [-0.3, -0.25) is 0 Å². The predicted molar refractivity (Wildman–Crippen MR) is 185 cm³/mol. The van der Waals surface area contributed by atoms with Crippen molar-refractivity contribution in [3.8, 4) is 11.1 Å². The zero-order chi connectivity index (χ0) is 29.8. The zero-order valence-electron chi connectivity index (χ0n) is 25.4. The van der Waals surface area contributed by atoms with E-state index in [1.165, 1.54) is 38.9 Å². The van der Waals surface area contributed by atoms with Gasteiger partial charge in [-0.2, -0.15) is 0 Å². The summed E-state index contributed by atoms with van der Waals surface area (Å²) in [6.07, 6.45) is 9.15. The number of allylic oxidation sites excluding steroid dienone is 4. The summed E-state index contributed by atoms with van der Waals surface area (Å²) in [5.74, 6) is 0. The summed E-state index contributed by atoms with van der Waals surface area (Å²) >= 11 is 4.87. The van der Waals surface area contributed by atoms with Crippen LogP contribution in [0.4, 0.5) is 0 Å². The van der Waals surface area contributed by atoms with Crippen LogP contribution in [0.5, 0.6) is 0 Å². The van der Waals surface area contributed by atoms with Gasteiger partial charge in [-0.1, -0.05) is 0 Å². The van der Waals surface area contributed by atoms with Gasteiger partial charge in [0.2, 0.25) is 0 Å². The molecule has 0 radical (unpaired) electrons. The minimum absolute atomic E-state index is 0.0520. The molecule has 0 aromatic heterocycles. The zero-order valence-corrected chi connectivity index (χ0v) is 31.0. The van der Waals surface area contributed by atoms with Crippen molar-refractivity contribution < 1.29 is 21.3 Å². The quantitative estimate of drug-likeness (QED) is 0.171. The molecular weight excluding hydrogens is 719 g/mol. The first-order valence-corrected chi connectivity index (χ1v) is 20.1. The monoisotopic (exact) mass is 754 g/mol. The van der Waals surface area contributed by atoms with Crippen molar-refractivity contribution in [2.75, 3.05) is 0 Å². The Balaban J connectivity index is 1.74. The molecule has 0 unspecified atom stereocenters. The van der Waals surface area contributed by atoms with Crippen LogP contribution in [0.1, 0.15) is 81.3 Å². The van der Waals surface area contributed by atoms with Crippen molar-refractivity contribution >= 4 is 38.3 Å². The molecule has 2 aliphatic rings. The van der Waals surface area contributed by atoms with Crippen molar-refractivity contribution in [3.05, 3.63) is 143 Å². The van der Waals surface area contributed by atoms with Crippen LogP contribution in [-0.4, -0.2) is 3.21 Å². The van der Waals surface area contributed by atoms with Crippen LogP contribution in [0.25, 0.3) is 11.1 Å². The summed E-state index contributed by atoms with van der Waals surface area (Å²) in [5.41, 5.74) is 11.6. The molecule has 212 valence electrons. The van der Waals surface area contributed by atoms with Gasteiger partial charge in [-0.15, -0.1) is 0 Å². The third-order valence-electron chi connectivity index (χ3n) is 8.59. The molecule has 0 fully saturated rings. The first kappa shape index (κ1) is 30.1. The van der Waals surface area contributed by atoms with Crippen LogP contribution in [0.2, 0.25) is 0 Å². The average molecular weight is 758 g/mol. The summed E-state index contributed by atoms with van der Waals surface area (Å²) in [6, 6.07) is 30.4. The van der Waals surface area contributed by atoms with Gasteiger partial charge in [0.05, 0.1) is 0 Å². The fraction of sp³-hybridized carbons (Fsp3) is 0.256. The molecule has 3 heteroatoms. The van der Waals surface area contributed by atoms with Crippen LogP contribution in [-0.2, 0) is 38.5 Å². The SMILES string of the molecule is CC(C)(C)c1ccc2c(c1)-c1cc(C(C)(C)C)c[c]([Zr]([C]3=CC=CC3)=[C](c3cccc(Br)c3)c3cccc(Br)c3)c1C2. The van der Waals surface area contributed by atoms with Crippen LogP contribution in [0.3, 0.4) is 0 Å². The van der Waals surface area contributed by atoms with Crippen molar-refractivity contribution in [1.29, 1.82) is 0 Å². The van der Waals surface area contributed by atoms with E-state index in [2.05, 4.69) is 170 Å². The molecule has 0 N–H and O–H groups in total. The van der Waals surface area contributed by atoms with Crippen LogP contribution < -0.4 is 3.27 Å². The summed E-state index contributed by atoms with van der Waals surface area (Å²) in [5, 5.41) is 0. The molecule has 42 heavy (non-hydrogen) atoms. The number of fused-ring (bicyclic) bond motifs is 3. The van der Waals surface area contributed by atoms with Gasteiger partial charge >= 0.3 is 279 Å². The maximum absolute atomic E-state index is 3.81. The first-order valence-electron chi connectivity index (χ1n) is 14.8. The molecule has 0 amide bonds. The number of benzene rings is 4. The Morgan fingerprint density at radius 2 is 1.31 bits per heavy atom. The third-order valence-corrected chi connectivity index (χ3v) is 17.1. The van der Waals surface area contributed by atoms with Gasteiger partial charge in [0.25, 0.3) is 0 Å². The molecular formula is C39H38Br2Zr. The predicted octanol–water partition coefficient (Wildman–Crippen LogP) is 10.7. The Labute approximate surface area is 276 Å². The van der Waals surface area contributed by atoms with Gasteiger partial charge in [-0.05, 0) is 0 Å². The maximum atomic E-state index is 3.81. The fourth-order valence-electron chi connectivity index (χ4n) is 6.24. The Hall–Kier alpha value is -1.93. The van der Waals surface area contributed by atoms with Crippen LogP contribution >= 0.6 is 31.9 Å². The van der Waals surface area contributed by atoms with Crippen molar-refractivity contribution in [2.45, 2.75) is 65.2 Å². The Bertz CT molecular complexity index is 1760. The van der Waals surface area contributed by atoms with E-state index < -0.39 is 21.3 Å². The van der Waals surface area contributed by atoms with E-state index in [0.717, 1.165) is 21.8 Å².